The Morgan fingerprint density at radius 2 is 1.84 bits per heavy atom. The topological polar surface area (TPSA) is 105 Å². The van der Waals surface area contributed by atoms with Crippen LogP contribution in [0.2, 0.25) is 0 Å². The standard InChI is InChI=1S/C23H28N4O3S/c24-21(29)20-17-10-4-5-11-18(17)31-23(20)26-19(28)14-27-12-6-7-15(13-27)22(30)25-16-8-2-1-3-9-16/h1-3,8-9,15H,4-7,10-14H2,(H2,24,29)(H,25,30)(H,26,28). The number of nitrogens with zero attached hydrogens (tertiary/aromatic N) is 1. The number of hydrogen-bond acceptors (Lipinski definition) is 5. The summed E-state index contributed by atoms with van der Waals surface area (Å²) < 4.78 is 0. The van der Waals surface area contributed by atoms with Crippen LogP contribution >= 0.6 is 11.3 Å². The maximum Gasteiger partial charge on any atom is 0.251 e. The van der Waals surface area contributed by atoms with Crippen molar-refractivity contribution in [2.45, 2.75) is 38.5 Å². The third-order valence-corrected chi connectivity index (χ3v) is 7.16. The van der Waals surface area contributed by atoms with Crippen LogP contribution in [0.5, 0.6) is 0 Å². The molecule has 1 saturated heterocycles. The van der Waals surface area contributed by atoms with E-state index in [1.54, 1.807) is 0 Å². The number of nitrogens with one attached hydrogen (secondary N) is 2. The highest BCUT2D eigenvalue weighted by Gasteiger charge is 2.28. The second-order valence-electron chi connectivity index (χ2n) is 8.26. The third-order valence-electron chi connectivity index (χ3n) is 5.96. The predicted octanol–water partition coefficient (Wildman–Crippen LogP) is 3.02. The zero-order chi connectivity index (χ0) is 21.8. The van der Waals surface area contributed by atoms with E-state index in [0.717, 1.165) is 61.2 Å². The average molecular weight is 441 g/mol. The molecule has 164 valence electrons. The molecule has 4 rings (SSSR count). The Hall–Kier alpha value is -2.71. The predicted molar refractivity (Wildman–Crippen MR) is 122 cm³/mol. The van der Waals surface area contributed by atoms with Gasteiger partial charge >= 0.3 is 0 Å². The summed E-state index contributed by atoms with van der Waals surface area (Å²) in [6.45, 7) is 1.50. The molecule has 7 nitrogen and oxygen atoms in total. The van der Waals surface area contributed by atoms with Crippen LogP contribution < -0.4 is 16.4 Å². The number of fused-ring (bicyclic) bond motifs is 1. The van der Waals surface area contributed by atoms with E-state index in [2.05, 4.69) is 10.6 Å². The molecule has 0 spiro atoms. The van der Waals surface area contributed by atoms with Crippen molar-refractivity contribution in [1.82, 2.24) is 4.90 Å². The molecular formula is C23H28N4O3S. The molecule has 1 fully saturated rings. The number of likely N-dealkylation sites (tertiary alicyclic amines) is 1. The number of nitrogens with two attached hydrogens (primary N) is 1. The molecule has 1 aliphatic heterocycles. The number of carbonyl (C=O) groups excluding carboxylic acids is 3. The van der Waals surface area contributed by atoms with Gasteiger partial charge in [0, 0.05) is 17.1 Å². The summed E-state index contributed by atoms with van der Waals surface area (Å²) >= 11 is 1.47. The molecule has 2 aromatic rings. The minimum absolute atomic E-state index is 0.0155. The molecule has 1 unspecified atom stereocenters. The number of anilines is 2. The third kappa shape index (κ3) is 5.14. The lowest BCUT2D eigenvalue weighted by molar-refractivity contribution is -0.123. The summed E-state index contributed by atoms with van der Waals surface area (Å²) in [7, 11) is 0. The Morgan fingerprint density at radius 3 is 2.61 bits per heavy atom. The molecule has 1 aliphatic carbocycles. The largest absolute Gasteiger partial charge is 0.365 e. The minimum Gasteiger partial charge on any atom is -0.365 e. The highest BCUT2D eigenvalue weighted by atomic mass is 32.1. The summed E-state index contributed by atoms with van der Waals surface area (Å²) in [5.74, 6) is -0.828. The summed E-state index contributed by atoms with van der Waals surface area (Å²) in [4.78, 5) is 40.6. The van der Waals surface area contributed by atoms with Crippen LogP contribution in [0.25, 0.3) is 0 Å². The SMILES string of the molecule is NC(=O)c1c(NC(=O)CN2CCCC(C(=O)Nc3ccccc3)C2)sc2c1CCCC2. The quantitative estimate of drug-likeness (QED) is 0.642. The molecule has 31 heavy (non-hydrogen) atoms. The van der Waals surface area contributed by atoms with Gasteiger partial charge in [-0.05, 0) is 62.8 Å². The number of thiophene rings is 1. The number of rotatable bonds is 6. The molecule has 0 bridgehead atoms. The lowest BCUT2D eigenvalue weighted by Crippen LogP contribution is -2.44. The first-order chi connectivity index (χ1) is 15.0. The van der Waals surface area contributed by atoms with Gasteiger partial charge in [0.2, 0.25) is 11.8 Å². The van der Waals surface area contributed by atoms with Crippen molar-refractivity contribution in [1.29, 1.82) is 0 Å². The highest BCUT2D eigenvalue weighted by molar-refractivity contribution is 7.17. The number of carbonyl (C=O) groups is 3. The molecule has 1 atom stereocenters. The van der Waals surface area contributed by atoms with Gasteiger partial charge in [0.15, 0.2) is 0 Å². The van der Waals surface area contributed by atoms with Gasteiger partial charge in [0.1, 0.15) is 5.00 Å². The highest BCUT2D eigenvalue weighted by Crippen LogP contribution is 2.37. The van der Waals surface area contributed by atoms with E-state index in [4.69, 9.17) is 5.73 Å². The van der Waals surface area contributed by atoms with Gasteiger partial charge in [0.05, 0.1) is 18.0 Å². The first-order valence-corrected chi connectivity index (χ1v) is 11.7. The number of hydrogen-bond donors (Lipinski definition) is 3. The Bertz CT molecular complexity index is 973. The van der Waals surface area contributed by atoms with Crippen molar-refractivity contribution in [3.8, 4) is 0 Å². The van der Waals surface area contributed by atoms with Crippen LogP contribution in [-0.4, -0.2) is 42.3 Å². The van der Waals surface area contributed by atoms with E-state index < -0.39 is 5.91 Å². The summed E-state index contributed by atoms with van der Waals surface area (Å²) in [5, 5.41) is 6.44. The smallest absolute Gasteiger partial charge is 0.251 e. The fraction of sp³-hybridized carbons (Fsp3) is 0.435. The van der Waals surface area contributed by atoms with Crippen LogP contribution in [0.15, 0.2) is 30.3 Å². The van der Waals surface area contributed by atoms with Crippen LogP contribution in [0.4, 0.5) is 10.7 Å². The van der Waals surface area contributed by atoms with Crippen LogP contribution in [0, 0.1) is 5.92 Å². The Labute approximate surface area is 186 Å². The number of benzene rings is 1. The minimum atomic E-state index is -0.481. The van der Waals surface area contributed by atoms with Crippen LogP contribution in [0.1, 0.15) is 46.5 Å². The molecular weight excluding hydrogens is 412 g/mol. The first-order valence-electron chi connectivity index (χ1n) is 10.8. The van der Waals surface area contributed by atoms with E-state index in [0.29, 0.717) is 17.1 Å². The van der Waals surface area contributed by atoms with Gasteiger partial charge in [-0.3, -0.25) is 19.3 Å². The molecule has 1 aromatic heterocycles. The Balaban J connectivity index is 1.36. The van der Waals surface area contributed by atoms with Crippen molar-refractivity contribution < 1.29 is 14.4 Å². The van der Waals surface area contributed by atoms with Crippen LogP contribution in [-0.2, 0) is 22.4 Å². The molecule has 8 heteroatoms. The Kier molecular flexibility index (Phi) is 6.67. The van der Waals surface area contributed by atoms with E-state index >= 15 is 0 Å². The van der Waals surface area contributed by atoms with E-state index in [1.807, 2.05) is 35.2 Å². The van der Waals surface area contributed by atoms with Crippen molar-refractivity contribution in [2.24, 2.45) is 11.7 Å². The van der Waals surface area contributed by atoms with Gasteiger partial charge in [-0.1, -0.05) is 18.2 Å². The van der Waals surface area contributed by atoms with Crippen molar-refractivity contribution in [2.75, 3.05) is 30.3 Å². The zero-order valence-corrected chi connectivity index (χ0v) is 18.3. The number of aryl methyl sites for hydroxylation is 1. The fourth-order valence-electron chi connectivity index (χ4n) is 4.46. The molecule has 0 saturated carbocycles. The van der Waals surface area contributed by atoms with E-state index in [9.17, 15) is 14.4 Å². The molecule has 2 aliphatic rings. The number of primary amides is 1. The summed E-state index contributed by atoms with van der Waals surface area (Å²) in [5.41, 5.74) is 7.89. The normalized spacial score (nSPS) is 18.8. The van der Waals surface area contributed by atoms with E-state index in [1.165, 1.54) is 11.3 Å². The summed E-state index contributed by atoms with van der Waals surface area (Å²) in [6, 6.07) is 9.40. The zero-order valence-electron chi connectivity index (χ0n) is 17.5. The van der Waals surface area contributed by atoms with Gasteiger partial charge in [0.25, 0.3) is 5.91 Å². The monoisotopic (exact) mass is 440 g/mol. The Morgan fingerprint density at radius 1 is 1.06 bits per heavy atom. The lowest BCUT2D eigenvalue weighted by Gasteiger charge is -2.31. The van der Waals surface area contributed by atoms with Gasteiger partial charge in [-0.25, -0.2) is 0 Å². The molecule has 3 amide bonds. The van der Waals surface area contributed by atoms with Gasteiger partial charge in [-0.15, -0.1) is 11.3 Å². The number of piperidine rings is 1. The van der Waals surface area contributed by atoms with Gasteiger partial charge in [-0.2, -0.15) is 0 Å². The van der Waals surface area contributed by atoms with Gasteiger partial charge < -0.3 is 16.4 Å². The molecule has 0 radical (unpaired) electrons. The van der Waals surface area contributed by atoms with Crippen LogP contribution in [0.3, 0.4) is 0 Å². The second-order valence-corrected chi connectivity index (χ2v) is 9.36. The second kappa shape index (κ2) is 9.62. The molecule has 2 heterocycles. The molecule has 1 aromatic carbocycles. The number of para-hydroxylation sites is 1. The fourth-order valence-corrected chi connectivity index (χ4v) is 5.77. The first kappa shape index (κ1) is 21.5. The van der Waals surface area contributed by atoms with Crippen molar-refractivity contribution in [3.05, 3.63) is 46.3 Å². The molecule has 4 N–H and O–H groups in total. The van der Waals surface area contributed by atoms with Crippen molar-refractivity contribution >= 4 is 39.7 Å². The van der Waals surface area contributed by atoms with E-state index in [-0.39, 0.29) is 24.3 Å². The summed E-state index contributed by atoms with van der Waals surface area (Å²) in [6.07, 6.45) is 5.57. The average Bonchev–Trinajstić information content (AvgIpc) is 3.12. The maximum absolute atomic E-state index is 12.7. The lowest BCUT2D eigenvalue weighted by atomic mass is 9.95. The number of amides is 3. The van der Waals surface area contributed by atoms with Crippen molar-refractivity contribution in [3.63, 3.8) is 0 Å². The maximum atomic E-state index is 12.7.